The number of hydrogen-bond donors (Lipinski definition) is 1. The molecule has 0 saturated carbocycles. The normalized spacial score (nSPS) is 11.1. The SMILES string of the molecule is CCN(CC)C(=O)c1ccccc1NC(=O)CN(c1ccc(Cl)c(Cl)c1)S(C)(=O)=O. The van der Waals surface area contributed by atoms with Crippen LogP contribution in [0.1, 0.15) is 24.2 Å². The zero-order chi connectivity index (χ0) is 22.5. The molecule has 0 unspecified atom stereocenters. The fourth-order valence-corrected chi connectivity index (χ4v) is 3.96. The summed E-state index contributed by atoms with van der Waals surface area (Å²) in [5.41, 5.74) is 0.839. The van der Waals surface area contributed by atoms with Gasteiger partial charge in [0.2, 0.25) is 15.9 Å². The first-order valence-corrected chi connectivity index (χ1v) is 11.8. The van der Waals surface area contributed by atoms with Gasteiger partial charge in [-0.3, -0.25) is 13.9 Å². The van der Waals surface area contributed by atoms with Crippen LogP contribution in [0.2, 0.25) is 10.0 Å². The van der Waals surface area contributed by atoms with Crippen molar-refractivity contribution in [3.05, 3.63) is 58.1 Å². The third-order valence-corrected chi connectivity index (χ3v) is 6.24. The number of carbonyl (C=O) groups is 2. The number of nitrogens with zero attached hydrogens (tertiary/aromatic N) is 2. The van der Waals surface area contributed by atoms with Crippen molar-refractivity contribution in [1.82, 2.24) is 4.90 Å². The minimum absolute atomic E-state index is 0.165. The lowest BCUT2D eigenvalue weighted by Crippen LogP contribution is -2.38. The van der Waals surface area contributed by atoms with Crippen molar-refractivity contribution in [3.63, 3.8) is 0 Å². The second-order valence-corrected chi connectivity index (χ2v) is 9.16. The summed E-state index contributed by atoms with van der Waals surface area (Å²) in [6.07, 6.45) is 0.987. The minimum atomic E-state index is -3.79. The monoisotopic (exact) mass is 471 g/mol. The third kappa shape index (κ3) is 5.87. The minimum Gasteiger partial charge on any atom is -0.339 e. The van der Waals surface area contributed by atoms with Gasteiger partial charge >= 0.3 is 0 Å². The van der Waals surface area contributed by atoms with Crippen molar-refractivity contribution in [1.29, 1.82) is 0 Å². The molecule has 0 spiro atoms. The van der Waals surface area contributed by atoms with E-state index in [2.05, 4.69) is 5.32 Å². The highest BCUT2D eigenvalue weighted by Crippen LogP contribution is 2.28. The summed E-state index contributed by atoms with van der Waals surface area (Å²) in [7, 11) is -3.79. The summed E-state index contributed by atoms with van der Waals surface area (Å²) >= 11 is 11.9. The molecule has 2 aromatic carbocycles. The van der Waals surface area contributed by atoms with E-state index in [1.807, 2.05) is 13.8 Å². The largest absolute Gasteiger partial charge is 0.339 e. The number of benzene rings is 2. The van der Waals surface area contributed by atoms with Crippen molar-refractivity contribution >= 4 is 56.4 Å². The van der Waals surface area contributed by atoms with Gasteiger partial charge in [0.25, 0.3) is 5.91 Å². The summed E-state index contributed by atoms with van der Waals surface area (Å²) in [4.78, 5) is 27.0. The summed E-state index contributed by atoms with van der Waals surface area (Å²) in [5.74, 6) is -0.827. The van der Waals surface area contributed by atoms with Gasteiger partial charge in [-0.2, -0.15) is 0 Å². The van der Waals surface area contributed by atoms with Crippen LogP contribution in [0.15, 0.2) is 42.5 Å². The fraction of sp³-hybridized carbons (Fsp3) is 0.300. The van der Waals surface area contributed by atoms with Crippen LogP contribution in [0.25, 0.3) is 0 Å². The molecule has 0 atom stereocenters. The van der Waals surface area contributed by atoms with Crippen molar-refractivity contribution in [2.75, 3.05) is 35.5 Å². The summed E-state index contributed by atoms with van der Waals surface area (Å²) in [6.45, 7) is 4.28. The second-order valence-electron chi connectivity index (χ2n) is 6.44. The molecule has 10 heteroatoms. The van der Waals surface area contributed by atoms with Crippen LogP contribution in [0.4, 0.5) is 11.4 Å². The van der Waals surface area contributed by atoms with Crippen LogP contribution >= 0.6 is 23.2 Å². The van der Waals surface area contributed by atoms with Crippen LogP contribution in [-0.2, 0) is 14.8 Å². The summed E-state index contributed by atoms with van der Waals surface area (Å²) in [6, 6.07) is 10.9. The molecule has 0 saturated heterocycles. The molecule has 2 rings (SSSR count). The predicted molar refractivity (Wildman–Crippen MR) is 121 cm³/mol. The molecule has 0 aliphatic carbocycles. The molecule has 7 nitrogen and oxygen atoms in total. The first-order valence-electron chi connectivity index (χ1n) is 9.19. The van der Waals surface area contributed by atoms with E-state index >= 15 is 0 Å². The quantitative estimate of drug-likeness (QED) is 0.632. The molecule has 0 heterocycles. The Kier molecular flexibility index (Phi) is 8.11. The number of halogens is 2. The standard InChI is InChI=1S/C20H23Cl2N3O4S/c1-4-24(5-2)20(27)15-8-6-7-9-18(15)23-19(26)13-25(30(3,28)29)14-10-11-16(21)17(22)12-14/h6-12H,4-5,13H2,1-3H3,(H,23,26). The zero-order valence-electron chi connectivity index (χ0n) is 16.9. The molecule has 0 fully saturated rings. The van der Waals surface area contributed by atoms with Gasteiger partial charge in [-0.15, -0.1) is 0 Å². The Morgan fingerprint density at radius 3 is 2.20 bits per heavy atom. The van der Waals surface area contributed by atoms with Crippen molar-refractivity contribution in [2.24, 2.45) is 0 Å². The van der Waals surface area contributed by atoms with E-state index < -0.39 is 22.5 Å². The molecule has 162 valence electrons. The summed E-state index contributed by atoms with van der Waals surface area (Å²) < 4.78 is 25.5. The Bertz CT molecular complexity index is 1040. The maximum absolute atomic E-state index is 12.7. The smallest absolute Gasteiger partial charge is 0.255 e. The Labute approximate surface area is 186 Å². The molecule has 0 aromatic heterocycles. The van der Waals surface area contributed by atoms with Crippen molar-refractivity contribution in [3.8, 4) is 0 Å². The van der Waals surface area contributed by atoms with Gasteiger partial charge in [0.05, 0.1) is 33.2 Å². The van der Waals surface area contributed by atoms with Gasteiger partial charge < -0.3 is 10.2 Å². The van der Waals surface area contributed by atoms with Crippen LogP contribution < -0.4 is 9.62 Å². The number of carbonyl (C=O) groups excluding carboxylic acids is 2. The van der Waals surface area contributed by atoms with Crippen molar-refractivity contribution < 1.29 is 18.0 Å². The van der Waals surface area contributed by atoms with Crippen LogP contribution in [0, 0.1) is 0 Å². The zero-order valence-corrected chi connectivity index (χ0v) is 19.2. The number of nitrogens with one attached hydrogen (secondary N) is 1. The number of amides is 2. The van der Waals surface area contributed by atoms with E-state index in [4.69, 9.17) is 23.2 Å². The lowest BCUT2D eigenvalue weighted by atomic mass is 10.1. The van der Waals surface area contributed by atoms with Gasteiger partial charge in [0.15, 0.2) is 0 Å². The lowest BCUT2D eigenvalue weighted by molar-refractivity contribution is -0.114. The van der Waals surface area contributed by atoms with Crippen LogP contribution in [0.3, 0.4) is 0 Å². The first-order chi connectivity index (χ1) is 14.1. The third-order valence-electron chi connectivity index (χ3n) is 4.36. The second kappa shape index (κ2) is 10.1. The summed E-state index contributed by atoms with van der Waals surface area (Å²) in [5, 5.41) is 3.07. The molecule has 1 N–H and O–H groups in total. The van der Waals surface area contributed by atoms with Gasteiger partial charge in [-0.25, -0.2) is 8.42 Å². The molecule has 0 aliphatic rings. The average Bonchev–Trinajstić information content (AvgIpc) is 2.69. The Balaban J connectivity index is 2.29. The van der Waals surface area contributed by atoms with E-state index in [0.29, 0.717) is 24.3 Å². The molecular formula is C20H23Cl2N3O4S. The first kappa shape index (κ1) is 24.0. The number of rotatable bonds is 8. The van der Waals surface area contributed by atoms with E-state index in [-0.39, 0.29) is 21.6 Å². The van der Waals surface area contributed by atoms with Crippen molar-refractivity contribution in [2.45, 2.75) is 13.8 Å². The van der Waals surface area contributed by atoms with E-state index in [0.717, 1.165) is 10.6 Å². The molecule has 30 heavy (non-hydrogen) atoms. The maximum atomic E-state index is 12.7. The number of anilines is 2. The van der Waals surface area contributed by atoms with Gasteiger partial charge in [0.1, 0.15) is 6.54 Å². The lowest BCUT2D eigenvalue weighted by Gasteiger charge is -2.23. The Morgan fingerprint density at radius 1 is 1.00 bits per heavy atom. The molecule has 2 aromatic rings. The average molecular weight is 472 g/mol. The Morgan fingerprint density at radius 2 is 1.63 bits per heavy atom. The maximum Gasteiger partial charge on any atom is 0.255 e. The van der Waals surface area contributed by atoms with E-state index in [1.165, 1.54) is 18.2 Å². The van der Waals surface area contributed by atoms with Gasteiger partial charge in [-0.1, -0.05) is 35.3 Å². The predicted octanol–water partition coefficient (Wildman–Crippen LogP) is 3.88. The van der Waals surface area contributed by atoms with Gasteiger partial charge in [-0.05, 0) is 44.2 Å². The number of para-hydroxylation sites is 1. The molecule has 0 bridgehead atoms. The van der Waals surface area contributed by atoms with E-state index in [9.17, 15) is 18.0 Å². The van der Waals surface area contributed by atoms with E-state index in [1.54, 1.807) is 29.2 Å². The highest BCUT2D eigenvalue weighted by atomic mass is 35.5. The molecular weight excluding hydrogens is 449 g/mol. The van der Waals surface area contributed by atoms with Crippen LogP contribution in [-0.4, -0.2) is 51.0 Å². The molecule has 0 radical (unpaired) electrons. The highest BCUT2D eigenvalue weighted by molar-refractivity contribution is 7.92. The molecule has 2 amide bonds. The molecule has 0 aliphatic heterocycles. The van der Waals surface area contributed by atoms with Gasteiger partial charge in [0, 0.05) is 13.1 Å². The fourth-order valence-electron chi connectivity index (χ4n) is 2.82. The number of sulfonamides is 1. The highest BCUT2D eigenvalue weighted by Gasteiger charge is 2.23. The van der Waals surface area contributed by atoms with Crippen LogP contribution in [0.5, 0.6) is 0 Å². The topological polar surface area (TPSA) is 86.8 Å². The Hall–Kier alpha value is -2.29. The number of hydrogen-bond acceptors (Lipinski definition) is 4.